The number of halogens is 2. The highest BCUT2D eigenvalue weighted by atomic mass is 35.5. The molecule has 0 spiro atoms. The van der Waals surface area contributed by atoms with E-state index in [0.29, 0.717) is 0 Å². The van der Waals surface area contributed by atoms with E-state index < -0.39 is 10.0 Å². The number of rotatable bonds is 3. The van der Waals surface area contributed by atoms with Gasteiger partial charge in [0.15, 0.2) is 0 Å². The van der Waals surface area contributed by atoms with Crippen molar-refractivity contribution in [1.29, 1.82) is 0 Å². The summed E-state index contributed by atoms with van der Waals surface area (Å²) >= 11 is 11.8. The summed E-state index contributed by atoms with van der Waals surface area (Å²) in [6, 6.07) is 9.94. The molecule has 0 aliphatic rings. The number of para-hydroxylation sites is 1. The van der Waals surface area contributed by atoms with Crippen LogP contribution in [0.2, 0.25) is 10.0 Å². The van der Waals surface area contributed by atoms with E-state index in [1.165, 1.54) is 30.3 Å². The Hall–Kier alpha value is -1.43. The normalized spacial score (nSPS) is 11.3. The molecule has 0 aromatic heterocycles. The van der Waals surface area contributed by atoms with Crippen molar-refractivity contribution < 1.29 is 13.5 Å². The molecule has 100 valence electrons. The van der Waals surface area contributed by atoms with Crippen molar-refractivity contribution in [2.24, 2.45) is 0 Å². The van der Waals surface area contributed by atoms with Gasteiger partial charge in [-0.3, -0.25) is 4.72 Å². The number of aromatic hydroxyl groups is 1. The van der Waals surface area contributed by atoms with Gasteiger partial charge in [-0.25, -0.2) is 8.42 Å². The second-order valence-corrected chi connectivity index (χ2v) is 6.20. The molecule has 0 saturated heterocycles. The van der Waals surface area contributed by atoms with Gasteiger partial charge < -0.3 is 5.11 Å². The fourth-order valence-electron chi connectivity index (χ4n) is 1.44. The van der Waals surface area contributed by atoms with E-state index in [2.05, 4.69) is 4.72 Å². The predicted molar refractivity (Wildman–Crippen MR) is 75.4 cm³/mol. The van der Waals surface area contributed by atoms with Crippen LogP contribution in [-0.4, -0.2) is 13.5 Å². The monoisotopic (exact) mass is 317 g/mol. The van der Waals surface area contributed by atoms with Gasteiger partial charge in [-0.05, 0) is 24.3 Å². The highest BCUT2D eigenvalue weighted by Crippen LogP contribution is 2.32. The molecule has 2 rings (SSSR count). The molecule has 0 bridgehead atoms. The van der Waals surface area contributed by atoms with Crippen LogP contribution in [0.4, 0.5) is 5.69 Å². The number of phenols is 1. The van der Waals surface area contributed by atoms with E-state index in [-0.39, 0.29) is 26.4 Å². The molecule has 0 unspecified atom stereocenters. The van der Waals surface area contributed by atoms with Crippen molar-refractivity contribution in [2.75, 3.05) is 4.72 Å². The molecule has 0 heterocycles. The minimum absolute atomic E-state index is 0.0801. The Balaban J connectivity index is 2.42. The Morgan fingerprint density at radius 3 is 2.16 bits per heavy atom. The predicted octanol–water partition coefficient (Wildman–Crippen LogP) is 3.50. The van der Waals surface area contributed by atoms with E-state index in [1.807, 2.05) is 0 Å². The second-order valence-electron chi connectivity index (χ2n) is 3.70. The van der Waals surface area contributed by atoms with Gasteiger partial charge in [-0.1, -0.05) is 35.3 Å². The van der Waals surface area contributed by atoms with Gasteiger partial charge in [0.25, 0.3) is 10.0 Å². The Morgan fingerprint density at radius 1 is 1.00 bits per heavy atom. The van der Waals surface area contributed by atoms with Crippen LogP contribution in [0.15, 0.2) is 47.4 Å². The molecule has 19 heavy (non-hydrogen) atoms. The first-order valence-electron chi connectivity index (χ1n) is 5.16. The minimum Gasteiger partial charge on any atom is -0.508 e. The summed E-state index contributed by atoms with van der Waals surface area (Å²) < 4.78 is 26.5. The summed E-state index contributed by atoms with van der Waals surface area (Å²) in [7, 11) is -3.86. The van der Waals surface area contributed by atoms with E-state index in [1.54, 1.807) is 6.07 Å². The SMILES string of the molecule is O=S(=O)(Nc1c(Cl)cccc1Cl)c1cccc(O)c1. The van der Waals surface area contributed by atoms with Gasteiger partial charge in [0.1, 0.15) is 5.75 Å². The zero-order valence-electron chi connectivity index (χ0n) is 9.47. The lowest BCUT2D eigenvalue weighted by Gasteiger charge is -2.11. The summed E-state index contributed by atoms with van der Waals surface area (Å²) in [6.45, 7) is 0. The third-order valence-electron chi connectivity index (χ3n) is 2.33. The van der Waals surface area contributed by atoms with Crippen LogP contribution in [-0.2, 0) is 10.0 Å². The van der Waals surface area contributed by atoms with Crippen LogP contribution >= 0.6 is 23.2 Å². The van der Waals surface area contributed by atoms with E-state index in [0.717, 1.165) is 6.07 Å². The summed E-state index contributed by atoms with van der Waals surface area (Å²) in [5.41, 5.74) is 0.106. The zero-order valence-corrected chi connectivity index (χ0v) is 11.8. The van der Waals surface area contributed by atoms with Crippen LogP contribution in [0.25, 0.3) is 0 Å². The van der Waals surface area contributed by atoms with Gasteiger partial charge in [-0.2, -0.15) is 0 Å². The third-order valence-corrected chi connectivity index (χ3v) is 4.30. The first-order chi connectivity index (χ1) is 8.90. The lowest BCUT2D eigenvalue weighted by molar-refractivity contribution is 0.473. The van der Waals surface area contributed by atoms with E-state index in [9.17, 15) is 13.5 Å². The molecule has 0 atom stereocenters. The zero-order chi connectivity index (χ0) is 14.0. The lowest BCUT2D eigenvalue weighted by atomic mass is 10.3. The Bertz CT molecular complexity index is 696. The quantitative estimate of drug-likeness (QED) is 0.910. The van der Waals surface area contributed by atoms with Crippen molar-refractivity contribution in [3.05, 3.63) is 52.5 Å². The highest BCUT2D eigenvalue weighted by molar-refractivity contribution is 7.92. The molecule has 2 N–H and O–H groups in total. The number of phenolic OH excluding ortho intramolecular Hbond substituents is 1. The molecular formula is C12H9Cl2NO3S. The Kier molecular flexibility index (Phi) is 3.89. The van der Waals surface area contributed by atoms with E-state index >= 15 is 0 Å². The van der Waals surface area contributed by atoms with Crippen molar-refractivity contribution in [3.8, 4) is 5.75 Å². The van der Waals surface area contributed by atoms with Gasteiger partial charge in [-0.15, -0.1) is 0 Å². The van der Waals surface area contributed by atoms with Crippen LogP contribution in [0.3, 0.4) is 0 Å². The Labute approximate surface area is 120 Å². The smallest absolute Gasteiger partial charge is 0.262 e. The first kappa shape index (κ1) is 14.0. The van der Waals surface area contributed by atoms with Gasteiger partial charge >= 0.3 is 0 Å². The summed E-state index contributed by atoms with van der Waals surface area (Å²) in [5.74, 6) is -0.145. The second kappa shape index (κ2) is 5.28. The van der Waals surface area contributed by atoms with Crippen LogP contribution in [0.1, 0.15) is 0 Å². The maximum atomic E-state index is 12.1. The maximum absolute atomic E-state index is 12.1. The fourth-order valence-corrected chi connectivity index (χ4v) is 3.18. The molecule has 0 amide bonds. The van der Waals surface area contributed by atoms with Crippen LogP contribution < -0.4 is 4.72 Å². The summed E-state index contributed by atoms with van der Waals surface area (Å²) in [6.07, 6.45) is 0. The number of anilines is 1. The Morgan fingerprint density at radius 2 is 1.58 bits per heavy atom. The summed E-state index contributed by atoms with van der Waals surface area (Å²) in [5, 5.41) is 9.69. The van der Waals surface area contributed by atoms with Crippen molar-refractivity contribution >= 4 is 38.9 Å². The van der Waals surface area contributed by atoms with Crippen molar-refractivity contribution in [3.63, 3.8) is 0 Å². The largest absolute Gasteiger partial charge is 0.508 e. The van der Waals surface area contributed by atoms with Gasteiger partial charge in [0.2, 0.25) is 0 Å². The average molecular weight is 318 g/mol. The van der Waals surface area contributed by atoms with Gasteiger partial charge in [0.05, 0.1) is 20.6 Å². The number of benzene rings is 2. The van der Waals surface area contributed by atoms with Crippen molar-refractivity contribution in [2.45, 2.75) is 4.90 Å². The van der Waals surface area contributed by atoms with Crippen LogP contribution in [0.5, 0.6) is 5.75 Å². The van der Waals surface area contributed by atoms with Crippen molar-refractivity contribution in [1.82, 2.24) is 0 Å². The third kappa shape index (κ3) is 3.12. The number of sulfonamides is 1. The molecule has 7 heteroatoms. The molecule has 0 aliphatic heterocycles. The molecule has 2 aromatic carbocycles. The number of nitrogens with one attached hydrogen (secondary N) is 1. The first-order valence-corrected chi connectivity index (χ1v) is 7.40. The van der Waals surface area contributed by atoms with Gasteiger partial charge in [0, 0.05) is 6.07 Å². The number of hydrogen-bond acceptors (Lipinski definition) is 3. The van der Waals surface area contributed by atoms with E-state index in [4.69, 9.17) is 23.2 Å². The molecule has 2 aromatic rings. The fraction of sp³-hybridized carbons (Fsp3) is 0. The summed E-state index contributed by atoms with van der Waals surface area (Å²) in [4.78, 5) is -0.0801. The molecule has 0 aliphatic carbocycles. The molecule has 0 radical (unpaired) electrons. The maximum Gasteiger partial charge on any atom is 0.262 e. The molecule has 0 fully saturated rings. The topological polar surface area (TPSA) is 66.4 Å². The lowest BCUT2D eigenvalue weighted by Crippen LogP contribution is -2.13. The highest BCUT2D eigenvalue weighted by Gasteiger charge is 2.17. The standard InChI is InChI=1S/C12H9Cl2NO3S/c13-10-5-2-6-11(14)12(10)15-19(17,18)9-4-1-3-8(16)7-9/h1-7,15-16H. The molecular weight excluding hydrogens is 309 g/mol. The molecule has 0 saturated carbocycles. The minimum atomic E-state index is -3.86. The number of hydrogen-bond donors (Lipinski definition) is 2. The van der Waals surface area contributed by atoms with Crippen LogP contribution in [0, 0.1) is 0 Å². The molecule has 4 nitrogen and oxygen atoms in total. The average Bonchev–Trinajstić information content (AvgIpc) is 2.34.